The van der Waals surface area contributed by atoms with Gasteiger partial charge in [0.2, 0.25) is 5.91 Å². The van der Waals surface area contributed by atoms with Crippen LogP contribution in [0.2, 0.25) is 5.02 Å². The molecule has 5 rings (SSSR count). The van der Waals surface area contributed by atoms with E-state index in [2.05, 4.69) is 21.3 Å². The molecule has 2 aliphatic rings. The van der Waals surface area contributed by atoms with Crippen LogP contribution in [0.3, 0.4) is 0 Å². The van der Waals surface area contributed by atoms with E-state index < -0.39 is 0 Å². The van der Waals surface area contributed by atoms with Crippen molar-refractivity contribution in [3.63, 3.8) is 0 Å². The van der Waals surface area contributed by atoms with Crippen LogP contribution >= 0.6 is 11.6 Å². The maximum Gasteiger partial charge on any atom is 0.241 e. The van der Waals surface area contributed by atoms with Gasteiger partial charge in [0.05, 0.1) is 11.6 Å². The number of hydrogen-bond acceptors (Lipinski definition) is 5. The van der Waals surface area contributed by atoms with Gasteiger partial charge >= 0.3 is 0 Å². The third kappa shape index (κ3) is 3.95. The molecule has 1 amide bonds. The highest BCUT2D eigenvalue weighted by molar-refractivity contribution is 6.30. The van der Waals surface area contributed by atoms with Crippen molar-refractivity contribution in [3.8, 4) is 0 Å². The van der Waals surface area contributed by atoms with Gasteiger partial charge in [-0.3, -0.25) is 14.7 Å². The number of halogens is 1. The fourth-order valence-electron chi connectivity index (χ4n) is 4.35. The molecule has 4 heterocycles. The van der Waals surface area contributed by atoms with E-state index in [1.165, 1.54) is 5.56 Å². The zero-order valence-electron chi connectivity index (χ0n) is 16.9. The van der Waals surface area contributed by atoms with Crippen molar-refractivity contribution in [1.82, 2.24) is 15.2 Å². The predicted octanol–water partition coefficient (Wildman–Crippen LogP) is 3.41. The second kappa shape index (κ2) is 8.38. The molecule has 0 atom stereocenters. The molecule has 6 nitrogen and oxygen atoms in total. The Bertz CT molecular complexity index is 1060. The van der Waals surface area contributed by atoms with Crippen molar-refractivity contribution >= 4 is 34.2 Å². The largest absolute Gasteiger partial charge is 0.461 e. The molecule has 0 spiro atoms. The second-order valence-corrected chi connectivity index (χ2v) is 8.44. The Morgan fingerprint density at radius 3 is 2.97 bits per heavy atom. The van der Waals surface area contributed by atoms with Crippen molar-refractivity contribution in [1.29, 1.82) is 0 Å². The van der Waals surface area contributed by atoms with E-state index in [1.807, 2.05) is 29.2 Å². The number of nitrogens with zero attached hydrogens (tertiary/aromatic N) is 3. The second-order valence-electron chi connectivity index (χ2n) is 8.00. The summed E-state index contributed by atoms with van der Waals surface area (Å²) in [5, 5.41) is 5.26. The fourth-order valence-corrected chi connectivity index (χ4v) is 4.46. The molecule has 0 unspecified atom stereocenters. The van der Waals surface area contributed by atoms with Crippen molar-refractivity contribution in [2.24, 2.45) is 0 Å². The van der Waals surface area contributed by atoms with Crippen LogP contribution in [0.25, 0.3) is 11.0 Å². The lowest BCUT2D eigenvalue weighted by Gasteiger charge is -2.34. The molecule has 1 fully saturated rings. The first-order chi connectivity index (χ1) is 14.7. The van der Waals surface area contributed by atoms with Crippen LogP contribution < -0.4 is 10.2 Å². The monoisotopic (exact) mass is 424 g/mol. The highest BCUT2D eigenvalue weighted by Gasteiger charge is 2.26. The highest BCUT2D eigenvalue weighted by atomic mass is 35.5. The maximum absolute atomic E-state index is 12.8. The number of benzene rings is 1. The molecular formula is C23H25ClN4O2. The molecule has 156 valence electrons. The van der Waals surface area contributed by atoms with E-state index in [1.54, 1.807) is 6.20 Å². The SMILES string of the molecule is O=C1CN(CCc2ccc(Cl)cn2)CCN1c1ccc2c3c(oc2c1)CCCNC3. The summed E-state index contributed by atoms with van der Waals surface area (Å²) < 4.78 is 6.15. The maximum atomic E-state index is 12.8. The van der Waals surface area contributed by atoms with E-state index in [0.29, 0.717) is 18.1 Å². The van der Waals surface area contributed by atoms with Gasteiger partial charge in [-0.15, -0.1) is 0 Å². The van der Waals surface area contributed by atoms with Gasteiger partial charge in [0.15, 0.2) is 0 Å². The zero-order chi connectivity index (χ0) is 20.5. The minimum atomic E-state index is 0.124. The van der Waals surface area contributed by atoms with Crippen LogP contribution in [-0.2, 0) is 24.2 Å². The number of fused-ring (bicyclic) bond motifs is 3. The number of anilines is 1. The van der Waals surface area contributed by atoms with E-state index in [-0.39, 0.29) is 5.91 Å². The van der Waals surface area contributed by atoms with Gasteiger partial charge in [-0.25, -0.2) is 0 Å². The van der Waals surface area contributed by atoms with E-state index in [4.69, 9.17) is 16.0 Å². The molecule has 1 saturated heterocycles. The minimum Gasteiger partial charge on any atom is -0.461 e. The lowest BCUT2D eigenvalue weighted by molar-refractivity contribution is -0.121. The van der Waals surface area contributed by atoms with Gasteiger partial charge in [-0.1, -0.05) is 11.6 Å². The number of carbonyl (C=O) groups is 1. The van der Waals surface area contributed by atoms with Crippen LogP contribution in [-0.4, -0.2) is 48.5 Å². The van der Waals surface area contributed by atoms with Gasteiger partial charge in [0.1, 0.15) is 11.3 Å². The molecule has 0 aliphatic carbocycles. The predicted molar refractivity (Wildman–Crippen MR) is 118 cm³/mol. The molecule has 0 saturated carbocycles. The molecule has 0 bridgehead atoms. The number of hydrogen-bond donors (Lipinski definition) is 1. The number of piperazine rings is 1. The number of carbonyl (C=O) groups excluding carboxylic acids is 1. The number of nitrogens with one attached hydrogen (secondary N) is 1. The topological polar surface area (TPSA) is 61.6 Å². The molecule has 0 radical (unpaired) electrons. The van der Waals surface area contributed by atoms with Gasteiger partial charge in [-0.05, 0) is 37.2 Å². The zero-order valence-corrected chi connectivity index (χ0v) is 17.6. The normalized spacial score (nSPS) is 17.9. The average molecular weight is 425 g/mol. The molecule has 7 heteroatoms. The number of amides is 1. The smallest absolute Gasteiger partial charge is 0.241 e. The Morgan fingerprint density at radius 2 is 2.13 bits per heavy atom. The lowest BCUT2D eigenvalue weighted by atomic mass is 10.1. The van der Waals surface area contributed by atoms with Crippen LogP contribution in [0.4, 0.5) is 5.69 Å². The van der Waals surface area contributed by atoms with Crippen molar-refractivity contribution < 1.29 is 9.21 Å². The summed E-state index contributed by atoms with van der Waals surface area (Å²) in [5.41, 5.74) is 4.06. The molecule has 2 aromatic heterocycles. The molecule has 30 heavy (non-hydrogen) atoms. The van der Waals surface area contributed by atoms with Crippen LogP contribution in [0.15, 0.2) is 40.9 Å². The van der Waals surface area contributed by atoms with Gasteiger partial charge < -0.3 is 14.6 Å². The van der Waals surface area contributed by atoms with Crippen molar-refractivity contribution in [2.75, 3.05) is 37.6 Å². The first kappa shape index (κ1) is 19.5. The Balaban J connectivity index is 1.26. The quantitative estimate of drug-likeness (QED) is 0.695. The number of rotatable bonds is 4. The summed E-state index contributed by atoms with van der Waals surface area (Å²) in [6, 6.07) is 9.97. The molecule has 1 N–H and O–H groups in total. The van der Waals surface area contributed by atoms with Crippen LogP contribution in [0.1, 0.15) is 23.4 Å². The number of aromatic nitrogens is 1. The van der Waals surface area contributed by atoms with Crippen molar-refractivity contribution in [2.45, 2.75) is 25.8 Å². The van der Waals surface area contributed by atoms with Gasteiger partial charge in [0, 0.05) is 73.6 Å². The summed E-state index contributed by atoms with van der Waals surface area (Å²) in [6.45, 7) is 4.63. The Labute approximate surface area is 180 Å². The fraction of sp³-hybridized carbons (Fsp3) is 0.391. The van der Waals surface area contributed by atoms with Gasteiger partial charge in [0.25, 0.3) is 0 Å². The summed E-state index contributed by atoms with van der Waals surface area (Å²) in [7, 11) is 0. The standard InChI is InChI=1S/C23H25ClN4O2/c24-16-3-4-17(26-13-16)7-9-27-10-11-28(23(29)15-27)18-5-6-19-20-14-25-8-1-2-21(20)30-22(19)12-18/h3-6,12-13,25H,1-2,7-11,14-15H2. The van der Waals surface area contributed by atoms with Crippen LogP contribution in [0.5, 0.6) is 0 Å². The van der Waals surface area contributed by atoms with Crippen LogP contribution in [0, 0.1) is 0 Å². The molecular weight excluding hydrogens is 400 g/mol. The third-order valence-electron chi connectivity index (χ3n) is 6.00. The Kier molecular flexibility index (Phi) is 5.46. The van der Waals surface area contributed by atoms with E-state index in [9.17, 15) is 4.79 Å². The molecule has 3 aromatic rings. The first-order valence-corrected chi connectivity index (χ1v) is 10.9. The molecule has 1 aromatic carbocycles. The number of aryl methyl sites for hydroxylation is 1. The summed E-state index contributed by atoms with van der Waals surface area (Å²) in [5.74, 6) is 1.21. The van der Waals surface area contributed by atoms with Gasteiger partial charge in [-0.2, -0.15) is 0 Å². The first-order valence-electron chi connectivity index (χ1n) is 10.6. The summed E-state index contributed by atoms with van der Waals surface area (Å²) in [6.07, 6.45) is 4.53. The third-order valence-corrected chi connectivity index (χ3v) is 6.23. The summed E-state index contributed by atoms with van der Waals surface area (Å²) >= 11 is 5.89. The Morgan fingerprint density at radius 1 is 1.20 bits per heavy atom. The summed E-state index contributed by atoms with van der Waals surface area (Å²) in [4.78, 5) is 21.3. The highest BCUT2D eigenvalue weighted by Crippen LogP contribution is 2.31. The van der Waals surface area contributed by atoms with E-state index >= 15 is 0 Å². The Hall–Kier alpha value is -2.41. The van der Waals surface area contributed by atoms with Crippen molar-refractivity contribution in [3.05, 3.63) is 58.6 Å². The lowest BCUT2D eigenvalue weighted by Crippen LogP contribution is -2.50. The minimum absolute atomic E-state index is 0.124. The molecule has 2 aliphatic heterocycles. The number of furan rings is 1. The number of pyridine rings is 1. The van der Waals surface area contributed by atoms with E-state index in [0.717, 1.165) is 73.6 Å². The average Bonchev–Trinajstić information content (AvgIpc) is 2.93.